The quantitative estimate of drug-likeness (QED) is 0.548. The Balaban J connectivity index is 1.93. The third kappa shape index (κ3) is 2.70. The molecule has 0 aliphatic carbocycles. The number of fused-ring (bicyclic) bond motifs is 1. The van der Waals surface area contributed by atoms with E-state index in [1.54, 1.807) is 18.3 Å². The lowest BCUT2D eigenvalue weighted by Gasteiger charge is -2.00. The van der Waals surface area contributed by atoms with E-state index in [4.69, 9.17) is 0 Å². The van der Waals surface area contributed by atoms with Gasteiger partial charge in [-0.3, -0.25) is 9.48 Å². The fourth-order valence-corrected chi connectivity index (χ4v) is 2.83. The first-order chi connectivity index (χ1) is 11.0. The maximum absolute atomic E-state index is 12.5. The Morgan fingerprint density at radius 2 is 2.09 bits per heavy atom. The molecule has 118 valence electrons. The highest BCUT2D eigenvalue weighted by molar-refractivity contribution is 6.08. The number of hydrogen-bond donors (Lipinski definition) is 0. The van der Waals surface area contributed by atoms with Crippen LogP contribution in [0.4, 0.5) is 0 Å². The second-order valence-corrected chi connectivity index (χ2v) is 5.67. The molecule has 3 rings (SSSR count). The maximum Gasteiger partial charge on any atom is 0.189 e. The smallest absolute Gasteiger partial charge is 0.189 e. The zero-order chi connectivity index (χ0) is 16.6. The first-order valence-electron chi connectivity index (χ1n) is 7.71. The molecule has 0 aliphatic rings. The van der Waals surface area contributed by atoms with Crippen molar-refractivity contribution in [1.29, 1.82) is 0 Å². The lowest BCUT2D eigenvalue weighted by molar-refractivity contribution is 0.104. The molecule has 0 fully saturated rings. The van der Waals surface area contributed by atoms with Crippen LogP contribution in [0.15, 0.2) is 30.6 Å². The van der Waals surface area contributed by atoms with Crippen LogP contribution in [0.2, 0.25) is 0 Å². The molecule has 3 heterocycles. The Morgan fingerprint density at radius 3 is 2.78 bits per heavy atom. The van der Waals surface area contributed by atoms with Crippen LogP contribution in [-0.2, 0) is 6.54 Å². The number of carbonyl (C=O) groups is 1. The van der Waals surface area contributed by atoms with Crippen molar-refractivity contribution in [3.63, 3.8) is 0 Å². The molecule has 3 aromatic heterocycles. The SMILES string of the molecule is CCn1nc(C)c(C(=O)C=Cc2cnc3cc(C)ccn23)c1C. The molecule has 5 nitrogen and oxygen atoms in total. The summed E-state index contributed by atoms with van der Waals surface area (Å²) >= 11 is 0. The number of pyridine rings is 1. The molecule has 0 bridgehead atoms. The lowest BCUT2D eigenvalue weighted by atomic mass is 10.1. The standard InChI is InChI=1S/C18H20N4O/c1-5-22-14(4)18(13(3)20-22)16(23)7-6-15-11-19-17-10-12(2)8-9-21(15)17/h6-11H,5H2,1-4H3. The van der Waals surface area contributed by atoms with Crippen LogP contribution >= 0.6 is 0 Å². The van der Waals surface area contributed by atoms with Gasteiger partial charge in [0, 0.05) is 18.4 Å². The van der Waals surface area contributed by atoms with E-state index in [0.717, 1.165) is 34.8 Å². The molecule has 3 aromatic rings. The van der Waals surface area contributed by atoms with Crippen molar-refractivity contribution in [1.82, 2.24) is 19.2 Å². The normalized spacial score (nSPS) is 11.7. The van der Waals surface area contributed by atoms with E-state index >= 15 is 0 Å². The van der Waals surface area contributed by atoms with E-state index < -0.39 is 0 Å². The second-order valence-electron chi connectivity index (χ2n) is 5.67. The van der Waals surface area contributed by atoms with E-state index in [2.05, 4.69) is 10.1 Å². The van der Waals surface area contributed by atoms with Crippen molar-refractivity contribution < 1.29 is 4.79 Å². The Bertz CT molecular complexity index is 915. The molecule has 23 heavy (non-hydrogen) atoms. The summed E-state index contributed by atoms with van der Waals surface area (Å²) in [6, 6.07) is 4.03. The summed E-state index contributed by atoms with van der Waals surface area (Å²) in [6.07, 6.45) is 7.14. The monoisotopic (exact) mass is 308 g/mol. The molecule has 0 atom stereocenters. The number of rotatable bonds is 4. The number of allylic oxidation sites excluding steroid dienone is 1. The number of ketones is 1. The maximum atomic E-state index is 12.5. The van der Waals surface area contributed by atoms with Crippen molar-refractivity contribution >= 4 is 17.5 Å². The topological polar surface area (TPSA) is 52.2 Å². The molecule has 0 aliphatic heterocycles. The van der Waals surface area contributed by atoms with E-state index in [1.807, 2.05) is 55.1 Å². The lowest BCUT2D eigenvalue weighted by Crippen LogP contribution is -2.02. The van der Waals surface area contributed by atoms with Crippen LogP contribution in [0.25, 0.3) is 11.7 Å². The van der Waals surface area contributed by atoms with Gasteiger partial charge in [-0.05, 0) is 57.5 Å². The zero-order valence-electron chi connectivity index (χ0n) is 13.9. The Hall–Kier alpha value is -2.69. The predicted molar refractivity (Wildman–Crippen MR) is 90.7 cm³/mol. The van der Waals surface area contributed by atoms with Crippen molar-refractivity contribution in [3.05, 3.63) is 58.8 Å². The average molecular weight is 308 g/mol. The molecular formula is C18H20N4O. The molecule has 0 aromatic carbocycles. The number of aryl methyl sites for hydroxylation is 3. The van der Waals surface area contributed by atoms with Gasteiger partial charge in [-0.15, -0.1) is 0 Å². The Morgan fingerprint density at radius 1 is 1.30 bits per heavy atom. The van der Waals surface area contributed by atoms with Crippen LogP contribution in [0, 0.1) is 20.8 Å². The molecule has 0 saturated heterocycles. The highest BCUT2D eigenvalue weighted by atomic mass is 16.1. The van der Waals surface area contributed by atoms with E-state index in [9.17, 15) is 4.79 Å². The Labute approximate surface area is 135 Å². The molecule has 0 radical (unpaired) electrons. The van der Waals surface area contributed by atoms with E-state index in [-0.39, 0.29) is 5.78 Å². The first kappa shape index (κ1) is 15.2. The summed E-state index contributed by atoms with van der Waals surface area (Å²) in [5.41, 5.74) is 5.29. The van der Waals surface area contributed by atoms with Gasteiger partial charge in [0.05, 0.1) is 23.1 Å². The largest absolute Gasteiger partial charge is 0.300 e. The Kier molecular flexibility index (Phi) is 3.86. The van der Waals surface area contributed by atoms with Gasteiger partial charge in [0.1, 0.15) is 5.65 Å². The molecule has 5 heteroatoms. The summed E-state index contributed by atoms with van der Waals surface area (Å²) in [5, 5.41) is 4.40. The zero-order valence-corrected chi connectivity index (χ0v) is 13.9. The van der Waals surface area contributed by atoms with Crippen molar-refractivity contribution in [2.75, 3.05) is 0 Å². The van der Waals surface area contributed by atoms with Gasteiger partial charge >= 0.3 is 0 Å². The molecule has 0 saturated carbocycles. The number of imidazole rings is 1. The van der Waals surface area contributed by atoms with E-state index in [1.165, 1.54) is 0 Å². The van der Waals surface area contributed by atoms with Gasteiger partial charge in [-0.1, -0.05) is 0 Å². The highest BCUT2D eigenvalue weighted by Crippen LogP contribution is 2.16. The number of hydrogen-bond acceptors (Lipinski definition) is 3. The number of nitrogens with zero attached hydrogens (tertiary/aromatic N) is 4. The summed E-state index contributed by atoms with van der Waals surface area (Å²) in [6.45, 7) is 8.61. The minimum absolute atomic E-state index is 0.0261. The second kappa shape index (κ2) is 5.83. The van der Waals surface area contributed by atoms with Crippen molar-refractivity contribution in [3.8, 4) is 0 Å². The van der Waals surface area contributed by atoms with Crippen LogP contribution in [0.3, 0.4) is 0 Å². The van der Waals surface area contributed by atoms with Crippen molar-refractivity contribution in [2.45, 2.75) is 34.2 Å². The third-order valence-corrected chi connectivity index (χ3v) is 4.03. The summed E-state index contributed by atoms with van der Waals surface area (Å²) < 4.78 is 3.82. The van der Waals surface area contributed by atoms with Crippen LogP contribution in [-0.4, -0.2) is 24.9 Å². The van der Waals surface area contributed by atoms with Crippen molar-refractivity contribution in [2.24, 2.45) is 0 Å². The van der Waals surface area contributed by atoms with Gasteiger partial charge in [0.15, 0.2) is 5.78 Å². The molecule has 0 amide bonds. The van der Waals surface area contributed by atoms with Gasteiger partial charge in [-0.2, -0.15) is 5.10 Å². The summed E-state index contributed by atoms with van der Waals surface area (Å²) in [4.78, 5) is 16.9. The number of aromatic nitrogens is 4. The minimum atomic E-state index is -0.0261. The first-order valence-corrected chi connectivity index (χ1v) is 7.71. The highest BCUT2D eigenvalue weighted by Gasteiger charge is 2.15. The summed E-state index contributed by atoms with van der Waals surface area (Å²) in [7, 11) is 0. The molecule has 0 N–H and O–H groups in total. The van der Waals surface area contributed by atoms with E-state index in [0.29, 0.717) is 5.56 Å². The fraction of sp³-hybridized carbons (Fsp3) is 0.278. The van der Waals surface area contributed by atoms with Gasteiger partial charge in [0.2, 0.25) is 0 Å². The molecule has 0 spiro atoms. The predicted octanol–water partition coefficient (Wildman–Crippen LogP) is 3.37. The molecule has 0 unspecified atom stereocenters. The molecular weight excluding hydrogens is 288 g/mol. The van der Waals surface area contributed by atoms with Gasteiger partial charge < -0.3 is 4.40 Å². The third-order valence-electron chi connectivity index (χ3n) is 4.03. The fourth-order valence-electron chi connectivity index (χ4n) is 2.83. The summed E-state index contributed by atoms with van der Waals surface area (Å²) in [5.74, 6) is -0.0261. The van der Waals surface area contributed by atoms with Gasteiger partial charge in [0.25, 0.3) is 0 Å². The average Bonchev–Trinajstić information content (AvgIpc) is 3.05. The van der Waals surface area contributed by atoms with Crippen LogP contribution in [0.5, 0.6) is 0 Å². The minimum Gasteiger partial charge on any atom is -0.300 e. The van der Waals surface area contributed by atoms with Crippen LogP contribution < -0.4 is 0 Å². The van der Waals surface area contributed by atoms with Crippen LogP contribution in [0.1, 0.15) is 39.9 Å². The number of carbonyl (C=O) groups excluding carboxylic acids is 1. The van der Waals surface area contributed by atoms with Gasteiger partial charge in [-0.25, -0.2) is 4.98 Å².